The standard InChI is InChI=1S/C13H18N2O/c1-9-12-11(8-16)6-3-7-15(12)13(14-9)10-4-2-5-10/h8,10-11H,2-7H2,1H3. The zero-order valence-electron chi connectivity index (χ0n) is 9.78. The van der Waals surface area contributed by atoms with Gasteiger partial charge in [-0.2, -0.15) is 0 Å². The number of aldehydes is 1. The Kier molecular flexibility index (Phi) is 2.34. The topological polar surface area (TPSA) is 34.9 Å². The summed E-state index contributed by atoms with van der Waals surface area (Å²) < 4.78 is 2.34. The third kappa shape index (κ3) is 1.34. The quantitative estimate of drug-likeness (QED) is 0.715. The lowest BCUT2D eigenvalue weighted by molar-refractivity contribution is -0.109. The van der Waals surface area contributed by atoms with Crippen LogP contribution in [0.15, 0.2) is 0 Å². The van der Waals surface area contributed by atoms with E-state index < -0.39 is 0 Å². The van der Waals surface area contributed by atoms with Crippen molar-refractivity contribution in [1.82, 2.24) is 9.55 Å². The van der Waals surface area contributed by atoms with Gasteiger partial charge in [-0.15, -0.1) is 0 Å². The van der Waals surface area contributed by atoms with E-state index in [1.807, 2.05) is 0 Å². The van der Waals surface area contributed by atoms with Crippen LogP contribution >= 0.6 is 0 Å². The SMILES string of the molecule is Cc1nc(C2CCC2)n2c1C(C=O)CCC2. The Labute approximate surface area is 95.9 Å². The van der Waals surface area contributed by atoms with Gasteiger partial charge >= 0.3 is 0 Å². The molecule has 1 unspecified atom stereocenters. The Morgan fingerprint density at radius 1 is 1.31 bits per heavy atom. The Bertz CT molecular complexity index is 418. The van der Waals surface area contributed by atoms with E-state index >= 15 is 0 Å². The predicted octanol–water partition coefficient (Wildman–Crippen LogP) is 2.54. The molecule has 1 fully saturated rings. The number of nitrogens with zero attached hydrogens (tertiary/aromatic N) is 2. The molecular formula is C13H18N2O. The van der Waals surface area contributed by atoms with E-state index in [9.17, 15) is 4.79 Å². The number of rotatable bonds is 2. The molecule has 3 rings (SSSR count). The molecule has 0 N–H and O–H groups in total. The van der Waals surface area contributed by atoms with Crippen molar-refractivity contribution >= 4 is 6.29 Å². The van der Waals surface area contributed by atoms with Gasteiger partial charge in [-0.25, -0.2) is 4.98 Å². The number of carbonyl (C=O) groups is 1. The van der Waals surface area contributed by atoms with Crippen molar-refractivity contribution < 1.29 is 4.79 Å². The molecule has 0 aromatic carbocycles. The molecule has 1 aromatic rings. The molecule has 0 bridgehead atoms. The maximum absolute atomic E-state index is 11.1. The summed E-state index contributed by atoms with van der Waals surface area (Å²) in [5.41, 5.74) is 2.28. The Balaban J connectivity index is 2.05. The van der Waals surface area contributed by atoms with Gasteiger partial charge < -0.3 is 9.36 Å². The zero-order chi connectivity index (χ0) is 11.1. The van der Waals surface area contributed by atoms with Gasteiger partial charge in [0.1, 0.15) is 12.1 Å². The molecule has 16 heavy (non-hydrogen) atoms. The highest BCUT2D eigenvalue weighted by molar-refractivity contribution is 5.62. The lowest BCUT2D eigenvalue weighted by atomic mass is 9.84. The van der Waals surface area contributed by atoms with Crippen molar-refractivity contribution in [2.24, 2.45) is 0 Å². The highest BCUT2D eigenvalue weighted by Gasteiger charge is 2.31. The molecular weight excluding hydrogens is 200 g/mol. The summed E-state index contributed by atoms with van der Waals surface area (Å²) in [6.07, 6.45) is 7.11. The van der Waals surface area contributed by atoms with Gasteiger partial charge in [0.25, 0.3) is 0 Å². The van der Waals surface area contributed by atoms with Crippen LogP contribution < -0.4 is 0 Å². The number of hydrogen-bond donors (Lipinski definition) is 0. The van der Waals surface area contributed by atoms with Crippen LogP contribution in [0.1, 0.15) is 61.2 Å². The van der Waals surface area contributed by atoms with E-state index in [0.29, 0.717) is 5.92 Å². The highest BCUT2D eigenvalue weighted by atomic mass is 16.1. The summed E-state index contributed by atoms with van der Waals surface area (Å²) in [6.45, 7) is 3.11. The second-order valence-corrected chi connectivity index (χ2v) is 5.10. The van der Waals surface area contributed by atoms with Gasteiger partial charge in [0, 0.05) is 12.5 Å². The van der Waals surface area contributed by atoms with Crippen LogP contribution in [0.4, 0.5) is 0 Å². The first kappa shape index (κ1) is 10.1. The van der Waals surface area contributed by atoms with Crippen molar-refractivity contribution in [3.8, 4) is 0 Å². The van der Waals surface area contributed by atoms with E-state index in [-0.39, 0.29) is 5.92 Å². The number of imidazole rings is 1. The lowest BCUT2D eigenvalue weighted by Gasteiger charge is -2.28. The summed E-state index contributed by atoms with van der Waals surface area (Å²) in [6, 6.07) is 0. The Hall–Kier alpha value is -1.12. The smallest absolute Gasteiger partial charge is 0.129 e. The fourth-order valence-corrected chi connectivity index (χ4v) is 3.03. The third-order valence-corrected chi connectivity index (χ3v) is 4.10. The van der Waals surface area contributed by atoms with Gasteiger partial charge in [0.15, 0.2) is 0 Å². The zero-order valence-corrected chi connectivity index (χ0v) is 9.78. The van der Waals surface area contributed by atoms with Crippen molar-refractivity contribution in [2.75, 3.05) is 0 Å². The van der Waals surface area contributed by atoms with E-state index in [1.54, 1.807) is 0 Å². The predicted molar refractivity (Wildman–Crippen MR) is 61.6 cm³/mol. The Morgan fingerprint density at radius 3 is 2.75 bits per heavy atom. The van der Waals surface area contributed by atoms with Crippen molar-refractivity contribution in [3.05, 3.63) is 17.2 Å². The number of hydrogen-bond acceptors (Lipinski definition) is 2. The van der Waals surface area contributed by atoms with Crippen LogP contribution in [0.5, 0.6) is 0 Å². The van der Waals surface area contributed by atoms with Crippen LogP contribution in [0.3, 0.4) is 0 Å². The Morgan fingerprint density at radius 2 is 2.12 bits per heavy atom. The summed E-state index contributed by atoms with van der Waals surface area (Å²) in [5.74, 6) is 2.01. The van der Waals surface area contributed by atoms with Gasteiger partial charge in [0.05, 0.1) is 17.3 Å². The fourth-order valence-electron chi connectivity index (χ4n) is 3.03. The number of aryl methyl sites for hydroxylation is 1. The fraction of sp³-hybridized carbons (Fsp3) is 0.692. The second kappa shape index (κ2) is 3.72. The van der Waals surface area contributed by atoms with Crippen molar-refractivity contribution in [2.45, 2.75) is 57.4 Å². The molecule has 1 aliphatic heterocycles. The van der Waals surface area contributed by atoms with E-state index in [2.05, 4.69) is 11.5 Å². The van der Waals surface area contributed by atoms with Gasteiger partial charge in [-0.1, -0.05) is 6.42 Å². The number of carbonyl (C=O) groups excluding carboxylic acids is 1. The van der Waals surface area contributed by atoms with E-state index in [1.165, 1.54) is 30.8 Å². The molecule has 0 amide bonds. The first-order valence-corrected chi connectivity index (χ1v) is 6.33. The third-order valence-electron chi connectivity index (χ3n) is 4.10. The van der Waals surface area contributed by atoms with E-state index in [4.69, 9.17) is 4.98 Å². The van der Waals surface area contributed by atoms with Gasteiger partial charge in [-0.3, -0.25) is 0 Å². The largest absolute Gasteiger partial charge is 0.331 e. The van der Waals surface area contributed by atoms with E-state index in [0.717, 1.165) is 31.4 Å². The van der Waals surface area contributed by atoms with Crippen LogP contribution in [0.2, 0.25) is 0 Å². The van der Waals surface area contributed by atoms with Crippen LogP contribution in [0.25, 0.3) is 0 Å². The molecule has 0 spiro atoms. The highest BCUT2D eigenvalue weighted by Crippen LogP contribution is 2.39. The minimum absolute atomic E-state index is 0.0927. The van der Waals surface area contributed by atoms with Gasteiger partial charge in [-0.05, 0) is 32.6 Å². The molecule has 1 atom stereocenters. The molecule has 2 aliphatic rings. The first-order chi connectivity index (χ1) is 7.81. The maximum atomic E-state index is 11.1. The minimum atomic E-state index is 0.0927. The molecule has 3 nitrogen and oxygen atoms in total. The lowest BCUT2D eigenvalue weighted by Crippen LogP contribution is -2.21. The normalized spacial score (nSPS) is 24.9. The minimum Gasteiger partial charge on any atom is -0.331 e. The average molecular weight is 218 g/mol. The van der Waals surface area contributed by atoms with Crippen LogP contribution in [-0.2, 0) is 11.3 Å². The van der Waals surface area contributed by atoms with Crippen molar-refractivity contribution in [1.29, 1.82) is 0 Å². The molecule has 3 heteroatoms. The molecule has 86 valence electrons. The first-order valence-electron chi connectivity index (χ1n) is 6.33. The monoisotopic (exact) mass is 218 g/mol. The maximum Gasteiger partial charge on any atom is 0.129 e. The van der Waals surface area contributed by atoms with Gasteiger partial charge in [0.2, 0.25) is 0 Å². The number of fused-ring (bicyclic) bond motifs is 1. The second-order valence-electron chi connectivity index (χ2n) is 5.10. The molecule has 1 aromatic heterocycles. The average Bonchev–Trinajstić information content (AvgIpc) is 2.54. The molecule has 0 radical (unpaired) electrons. The van der Waals surface area contributed by atoms with Crippen molar-refractivity contribution in [3.63, 3.8) is 0 Å². The summed E-state index contributed by atoms with van der Waals surface area (Å²) in [7, 11) is 0. The molecule has 2 heterocycles. The number of aromatic nitrogens is 2. The summed E-state index contributed by atoms with van der Waals surface area (Å²) in [4.78, 5) is 15.8. The van der Waals surface area contributed by atoms with Crippen LogP contribution in [0, 0.1) is 6.92 Å². The summed E-state index contributed by atoms with van der Waals surface area (Å²) >= 11 is 0. The summed E-state index contributed by atoms with van der Waals surface area (Å²) in [5, 5.41) is 0. The molecule has 0 saturated heterocycles. The molecule has 1 aliphatic carbocycles. The molecule has 1 saturated carbocycles. The van der Waals surface area contributed by atoms with Crippen LogP contribution in [-0.4, -0.2) is 15.8 Å².